The predicted molar refractivity (Wildman–Crippen MR) is 81.3 cm³/mol. The van der Waals surface area contributed by atoms with Crippen LogP contribution in [-0.2, 0) is 9.36 Å². The number of allylic oxidation sites excluding steroid dienone is 1. The van der Waals surface area contributed by atoms with Crippen molar-refractivity contribution in [3.05, 3.63) is 11.6 Å². The molecule has 0 aromatic heterocycles. The van der Waals surface area contributed by atoms with Gasteiger partial charge in [0.25, 0.3) is 0 Å². The molecule has 20 heavy (non-hydrogen) atoms. The lowest BCUT2D eigenvalue weighted by Crippen LogP contribution is -2.12. The normalized spacial score (nSPS) is 20.9. The van der Waals surface area contributed by atoms with Crippen molar-refractivity contribution < 1.29 is 19.4 Å². The lowest BCUT2D eigenvalue weighted by Gasteiger charge is -2.20. The van der Waals surface area contributed by atoms with E-state index in [2.05, 4.69) is 0 Å². The van der Waals surface area contributed by atoms with Crippen LogP contribution < -0.4 is 0 Å². The van der Waals surface area contributed by atoms with Crippen LogP contribution in [0.15, 0.2) is 11.6 Å². The summed E-state index contributed by atoms with van der Waals surface area (Å²) in [5, 5.41) is 9.24. The topological polar surface area (TPSA) is 74.6 Å². The third-order valence-electron chi connectivity index (χ3n) is 3.83. The van der Waals surface area contributed by atoms with Crippen LogP contribution in [0.5, 0.6) is 0 Å². The Bertz CT molecular complexity index is 395. The molecule has 0 aliphatic heterocycles. The van der Waals surface area contributed by atoms with E-state index < -0.39 is 13.3 Å². The maximum Gasteiger partial charge on any atom is 0.331 e. The highest BCUT2D eigenvalue weighted by molar-refractivity contribution is 7.58. The zero-order valence-corrected chi connectivity index (χ0v) is 13.4. The van der Waals surface area contributed by atoms with Gasteiger partial charge in [-0.15, -0.1) is 0 Å². The SMILES string of the molecule is CC(C)CCP(=O)(O)CC(=CC1CCCCC1)C(=O)O. The molecule has 5 heteroatoms. The van der Waals surface area contributed by atoms with Gasteiger partial charge in [-0.2, -0.15) is 0 Å². The monoisotopic (exact) mass is 302 g/mol. The average molecular weight is 302 g/mol. The summed E-state index contributed by atoms with van der Waals surface area (Å²) >= 11 is 0. The zero-order chi connectivity index (χ0) is 15.2. The first-order chi connectivity index (χ1) is 9.30. The Hall–Kier alpha value is -0.600. The number of hydrogen-bond donors (Lipinski definition) is 2. The van der Waals surface area contributed by atoms with Crippen molar-refractivity contribution in [1.82, 2.24) is 0 Å². The fourth-order valence-electron chi connectivity index (χ4n) is 2.58. The Kier molecular flexibility index (Phi) is 6.97. The summed E-state index contributed by atoms with van der Waals surface area (Å²) < 4.78 is 12.1. The summed E-state index contributed by atoms with van der Waals surface area (Å²) in [6.07, 6.45) is 7.86. The van der Waals surface area contributed by atoms with Gasteiger partial charge in [0.1, 0.15) is 0 Å². The first-order valence-corrected chi connectivity index (χ1v) is 9.58. The lowest BCUT2D eigenvalue weighted by molar-refractivity contribution is -0.132. The van der Waals surface area contributed by atoms with Crippen LogP contribution in [-0.4, -0.2) is 28.3 Å². The third-order valence-corrected chi connectivity index (χ3v) is 5.63. The fraction of sp³-hybridized carbons (Fsp3) is 0.800. The van der Waals surface area contributed by atoms with Gasteiger partial charge in [-0.1, -0.05) is 39.2 Å². The molecule has 1 atom stereocenters. The molecular weight excluding hydrogens is 275 g/mol. The lowest BCUT2D eigenvalue weighted by atomic mass is 9.88. The molecule has 0 aromatic carbocycles. The minimum absolute atomic E-state index is 0.131. The molecule has 4 nitrogen and oxygen atoms in total. The molecule has 0 heterocycles. The van der Waals surface area contributed by atoms with Crippen LogP contribution in [0.2, 0.25) is 0 Å². The van der Waals surface area contributed by atoms with Crippen LogP contribution in [0.3, 0.4) is 0 Å². The second kappa shape index (κ2) is 7.99. The van der Waals surface area contributed by atoms with Crippen molar-refractivity contribution in [2.45, 2.75) is 52.4 Å². The van der Waals surface area contributed by atoms with Crippen molar-refractivity contribution in [2.24, 2.45) is 11.8 Å². The van der Waals surface area contributed by atoms with E-state index in [1.165, 1.54) is 6.42 Å². The molecule has 116 valence electrons. The van der Waals surface area contributed by atoms with Gasteiger partial charge in [0.05, 0.1) is 6.16 Å². The minimum Gasteiger partial charge on any atom is -0.478 e. The standard InChI is InChI=1S/C15H27O4P/c1-12(2)8-9-20(18,19)11-14(15(16)17)10-13-6-4-3-5-7-13/h10,12-13H,3-9,11H2,1-2H3,(H,16,17)(H,18,19). The maximum absolute atomic E-state index is 12.1. The molecule has 2 N–H and O–H groups in total. The van der Waals surface area contributed by atoms with Crippen molar-refractivity contribution in [1.29, 1.82) is 0 Å². The molecule has 1 aliphatic carbocycles. The summed E-state index contributed by atoms with van der Waals surface area (Å²) in [6, 6.07) is 0. The van der Waals surface area contributed by atoms with Gasteiger partial charge >= 0.3 is 5.97 Å². The van der Waals surface area contributed by atoms with Crippen molar-refractivity contribution in [3.8, 4) is 0 Å². The summed E-state index contributed by atoms with van der Waals surface area (Å²) in [5.74, 6) is -0.430. The highest BCUT2D eigenvalue weighted by Gasteiger charge is 2.25. The van der Waals surface area contributed by atoms with Crippen LogP contribution >= 0.6 is 7.37 Å². The van der Waals surface area contributed by atoms with Gasteiger partial charge in [0.15, 0.2) is 0 Å². The largest absolute Gasteiger partial charge is 0.478 e. The van der Waals surface area contributed by atoms with E-state index >= 15 is 0 Å². The van der Waals surface area contributed by atoms with Gasteiger partial charge < -0.3 is 10.00 Å². The quantitative estimate of drug-likeness (QED) is 0.552. The van der Waals surface area contributed by atoms with Gasteiger partial charge in [-0.3, -0.25) is 4.57 Å². The molecule has 0 amide bonds. The van der Waals surface area contributed by atoms with Gasteiger partial charge in [0.2, 0.25) is 7.37 Å². The van der Waals surface area contributed by atoms with Crippen LogP contribution in [0.4, 0.5) is 0 Å². The second-order valence-electron chi connectivity index (χ2n) is 6.31. The summed E-state index contributed by atoms with van der Waals surface area (Å²) in [6.45, 7) is 3.99. The second-order valence-corrected chi connectivity index (χ2v) is 8.76. The average Bonchev–Trinajstić information content (AvgIpc) is 2.37. The van der Waals surface area contributed by atoms with E-state index in [0.29, 0.717) is 12.3 Å². The molecule has 0 radical (unpaired) electrons. The Morgan fingerprint density at radius 3 is 2.40 bits per heavy atom. The van der Waals surface area contributed by atoms with E-state index in [1.807, 2.05) is 13.8 Å². The molecule has 0 bridgehead atoms. The van der Waals surface area contributed by atoms with Gasteiger partial charge in [-0.05, 0) is 31.1 Å². The van der Waals surface area contributed by atoms with Crippen LogP contribution in [0, 0.1) is 11.8 Å². The number of carboxylic acid groups (broad SMARTS) is 1. The van der Waals surface area contributed by atoms with Crippen molar-refractivity contribution in [3.63, 3.8) is 0 Å². The molecular formula is C15H27O4P. The first kappa shape index (κ1) is 17.5. The Morgan fingerprint density at radius 1 is 1.30 bits per heavy atom. The Balaban J connectivity index is 2.68. The molecule has 1 unspecified atom stereocenters. The van der Waals surface area contributed by atoms with Gasteiger partial charge in [0, 0.05) is 11.7 Å². The summed E-state index contributed by atoms with van der Waals surface area (Å²) in [7, 11) is -3.37. The molecule has 0 aromatic rings. The number of aliphatic carboxylic acids is 1. The highest BCUT2D eigenvalue weighted by atomic mass is 31.2. The van der Waals surface area contributed by atoms with E-state index in [0.717, 1.165) is 25.7 Å². The van der Waals surface area contributed by atoms with Crippen molar-refractivity contribution >= 4 is 13.3 Å². The van der Waals surface area contributed by atoms with E-state index in [1.54, 1.807) is 6.08 Å². The van der Waals surface area contributed by atoms with E-state index in [9.17, 15) is 19.4 Å². The van der Waals surface area contributed by atoms with Crippen LogP contribution in [0.25, 0.3) is 0 Å². The molecule has 1 rings (SSSR count). The highest BCUT2D eigenvalue weighted by Crippen LogP contribution is 2.44. The van der Waals surface area contributed by atoms with Crippen molar-refractivity contribution in [2.75, 3.05) is 12.3 Å². The third kappa shape index (κ3) is 6.71. The minimum atomic E-state index is -3.37. The summed E-state index contributed by atoms with van der Waals surface area (Å²) in [5.41, 5.74) is 0.131. The summed E-state index contributed by atoms with van der Waals surface area (Å²) in [4.78, 5) is 21.3. The Morgan fingerprint density at radius 2 is 1.90 bits per heavy atom. The molecule has 0 spiro atoms. The maximum atomic E-state index is 12.1. The van der Waals surface area contributed by atoms with Gasteiger partial charge in [-0.25, -0.2) is 4.79 Å². The number of carbonyl (C=O) groups is 1. The van der Waals surface area contributed by atoms with Crippen LogP contribution in [0.1, 0.15) is 52.4 Å². The number of carboxylic acids is 1. The molecule has 0 saturated heterocycles. The first-order valence-electron chi connectivity index (χ1n) is 7.55. The smallest absolute Gasteiger partial charge is 0.331 e. The number of rotatable bonds is 7. The molecule has 1 aliphatic rings. The molecule has 1 fully saturated rings. The fourth-order valence-corrected chi connectivity index (χ4v) is 4.43. The molecule has 1 saturated carbocycles. The predicted octanol–water partition coefficient (Wildman–Crippen LogP) is 3.89. The van der Waals surface area contributed by atoms with E-state index in [-0.39, 0.29) is 23.8 Å². The zero-order valence-electron chi connectivity index (χ0n) is 12.5. The number of hydrogen-bond acceptors (Lipinski definition) is 2. The Labute approximate surface area is 121 Å². The van der Waals surface area contributed by atoms with E-state index in [4.69, 9.17) is 0 Å².